The predicted molar refractivity (Wildman–Crippen MR) is 170 cm³/mol. The highest BCUT2D eigenvalue weighted by molar-refractivity contribution is 7.89. The van der Waals surface area contributed by atoms with Crippen molar-refractivity contribution in [3.05, 3.63) is 52.6 Å². The third-order valence-corrected chi connectivity index (χ3v) is 9.46. The van der Waals surface area contributed by atoms with E-state index < -0.39 is 20.1 Å². The van der Waals surface area contributed by atoms with Crippen molar-refractivity contribution in [1.82, 2.24) is 19.6 Å². The van der Waals surface area contributed by atoms with Crippen molar-refractivity contribution in [3.8, 4) is 0 Å². The van der Waals surface area contributed by atoms with Gasteiger partial charge in [-0.15, -0.1) is 15.0 Å². The van der Waals surface area contributed by atoms with Crippen LogP contribution in [0.3, 0.4) is 0 Å². The van der Waals surface area contributed by atoms with Gasteiger partial charge < -0.3 is 14.5 Å². The molecule has 1 aromatic heterocycles. The molecule has 2 aromatic carbocycles. The fourth-order valence-electron chi connectivity index (χ4n) is 4.76. The van der Waals surface area contributed by atoms with Crippen molar-refractivity contribution in [2.45, 2.75) is 56.9 Å². The second kappa shape index (κ2) is 12.3. The lowest BCUT2D eigenvalue weighted by Gasteiger charge is -2.20. The average molecular weight is 647 g/mol. The fraction of sp³-hybridized carbons (Fsp3) is 0.429. The normalized spacial score (nSPS) is 14.2. The summed E-state index contributed by atoms with van der Waals surface area (Å²) in [6, 6.07) is 6.76. The van der Waals surface area contributed by atoms with Crippen LogP contribution in [-0.2, 0) is 31.3 Å². The number of nitrogens with one attached hydrogen (secondary N) is 1. The maximum Gasteiger partial charge on any atom is 0.296 e. The van der Waals surface area contributed by atoms with Crippen LogP contribution >= 0.6 is 0 Å². The molecule has 2 N–H and O–H groups in total. The van der Waals surface area contributed by atoms with Crippen molar-refractivity contribution in [2.75, 3.05) is 44.5 Å². The minimum absolute atomic E-state index is 0.0358. The van der Waals surface area contributed by atoms with E-state index in [1.54, 1.807) is 58.0 Å². The summed E-state index contributed by atoms with van der Waals surface area (Å²) in [6.45, 7) is 8.76. The van der Waals surface area contributed by atoms with Gasteiger partial charge in [-0.05, 0) is 75.6 Å². The number of ether oxygens (including phenoxy) is 1. The van der Waals surface area contributed by atoms with Crippen LogP contribution in [0.25, 0.3) is 0 Å². The monoisotopic (exact) mass is 646 g/mol. The first-order chi connectivity index (χ1) is 20.4. The van der Waals surface area contributed by atoms with Crippen LogP contribution in [0.4, 0.5) is 17.1 Å². The molecule has 0 amide bonds. The second-order valence-electron chi connectivity index (χ2n) is 11.2. The largest absolute Gasteiger partial charge is 0.472 e. The maximum atomic E-state index is 13.0. The first-order valence-electron chi connectivity index (χ1n) is 13.8. The quantitative estimate of drug-likeness (QED) is 0.312. The molecule has 44 heavy (non-hydrogen) atoms. The lowest BCUT2D eigenvalue weighted by atomic mass is 10.1. The van der Waals surface area contributed by atoms with E-state index >= 15 is 0 Å². The standard InChI is InChI=1S/C28H38N8O6S2/c1-16(2)42-28-25(31-24-18(4)15-21(35(8)9)26(19(24)5)44(39,40)41)27-30-23(32-36(27)33-28)12-13-29-43(37,38)22-11-10-20(34(6)7)14-17(22)3/h10-11,14-16,29H,12-13H2,1-9H3,(H,39,40,41). The molecule has 1 aliphatic rings. The molecule has 0 saturated heterocycles. The van der Waals surface area contributed by atoms with E-state index in [0.29, 0.717) is 28.3 Å². The first-order valence-corrected chi connectivity index (χ1v) is 16.7. The van der Waals surface area contributed by atoms with Gasteiger partial charge in [-0.1, -0.05) is 0 Å². The Kier molecular flexibility index (Phi) is 9.21. The number of aromatic nitrogens is 3. The summed E-state index contributed by atoms with van der Waals surface area (Å²) in [5.41, 5.74) is 3.26. The minimum Gasteiger partial charge on any atom is -0.472 e. The number of hydrogen-bond acceptors (Lipinski definition) is 11. The number of hydrogen-bond donors (Lipinski definition) is 2. The summed E-state index contributed by atoms with van der Waals surface area (Å²) < 4.78 is 69.3. The topological polar surface area (TPSA) is 172 Å². The van der Waals surface area contributed by atoms with Crippen LogP contribution in [-0.4, -0.2) is 88.7 Å². The van der Waals surface area contributed by atoms with Gasteiger partial charge in [0.05, 0.1) is 22.4 Å². The van der Waals surface area contributed by atoms with Crippen LogP contribution in [0.1, 0.15) is 42.2 Å². The fourth-order valence-corrected chi connectivity index (χ4v) is 7.01. The molecule has 0 fully saturated rings. The lowest BCUT2D eigenvalue weighted by molar-refractivity contribution is 0.232. The number of sulfonamides is 1. The molecule has 14 nitrogen and oxygen atoms in total. The minimum atomic E-state index is -4.59. The third-order valence-electron chi connectivity index (χ3n) is 6.81. The van der Waals surface area contributed by atoms with E-state index in [1.807, 2.05) is 38.9 Å². The van der Waals surface area contributed by atoms with Crippen LogP contribution < -0.4 is 14.5 Å². The van der Waals surface area contributed by atoms with Gasteiger partial charge in [-0.25, -0.2) is 23.1 Å². The average Bonchev–Trinajstić information content (AvgIpc) is 3.41. The van der Waals surface area contributed by atoms with Gasteiger partial charge >= 0.3 is 0 Å². The summed E-state index contributed by atoms with van der Waals surface area (Å²) in [5, 5.41) is 8.79. The third kappa shape index (κ3) is 6.77. The highest BCUT2D eigenvalue weighted by atomic mass is 32.2. The van der Waals surface area contributed by atoms with Gasteiger partial charge in [0.1, 0.15) is 4.90 Å². The Morgan fingerprint density at radius 3 is 2.27 bits per heavy atom. The van der Waals surface area contributed by atoms with E-state index in [2.05, 4.69) is 19.9 Å². The molecule has 238 valence electrons. The lowest BCUT2D eigenvalue weighted by Crippen LogP contribution is -2.27. The number of rotatable bonds is 10. The zero-order chi connectivity index (χ0) is 32.7. The Bertz CT molecular complexity index is 1880. The van der Waals surface area contributed by atoms with E-state index in [0.717, 1.165) is 5.69 Å². The van der Waals surface area contributed by atoms with Gasteiger partial charge in [0, 0.05) is 46.8 Å². The van der Waals surface area contributed by atoms with Crippen molar-refractivity contribution in [2.24, 2.45) is 10.1 Å². The van der Waals surface area contributed by atoms with Gasteiger partial charge in [0.25, 0.3) is 16.0 Å². The number of nitrogens with zero attached hydrogens (tertiary/aromatic N) is 7. The smallest absolute Gasteiger partial charge is 0.296 e. The second-order valence-corrected chi connectivity index (χ2v) is 14.2. The van der Waals surface area contributed by atoms with Crippen LogP contribution in [0.5, 0.6) is 0 Å². The van der Waals surface area contributed by atoms with Gasteiger partial charge in [0.2, 0.25) is 15.8 Å². The first kappa shape index (κ1) is 33.0. The number of aliphatic imine (C=N–C) groups is 1. The molecule has 0 spiro atoms. The molecule has 4 rings (SSSR count). The Morgan fingerprint density at radius 2 is 1.70 bits per heavy atom. The summed E-state index contributed by atoms with van der Waals surface area (Å²) in [4.78, 5) is 14.0. The van der Waals surface area contributed by atoms with Crippen molar-refractivity contribution in [1.29, 1.82) is 0 Å². The van der Waals surface area contributed by atoms with E-state index in [4.69, 9.17) is 9.73 Å². The summed E-state index contributed by atoms with van der Waals surface area (Å²) in [5.74, 6) is 0.706. The van der Waals surface area contributed by atoms with E-state index in [-0.39, 0.29) is 51.9 Å². The Labute approximate surface area is 258 Å². The van der Waals surface area contributed by atoms with Gasteiger partial charge in [-0.2, -0.15) is 8.42 Å². The highest BCUT2D eigenvalue weighted by Gasteiger charge is 2.31. The Balaban J connectivity index is 1.66. The Hall–Kier alpha value is -3.86. The molecule has 0 bridgehead atoms. The maximum absolute atomic E-state index is 13.0. The van der Waals surface area contributed by atoms with E-state index in [9.17, 15) is 21.4 Å². The number of benzene rings is 2. The molecular formula is C28H38N8O6S2. The van der Waals surface area contributed by atoms with Crippen molar-refractivity contribution >= 4 is 48.8 Å². The number of fused-ring (bicyclic) bond motifs is 1. The molecular weight excluding hydrogens is 608 g/mol. The SMILES string of the molecule is Cc1cc(N(C)C)ccc1S(=O)(=O)NCCc1nc2n(n1)N=C(OC(C)C)C2=Nc1c(C)cc(N(C)C)c(S(=O)(=O)O)c1C. The molecule has 2 heterocycles. The van der Waals surface area contributed by atoms with Crippen molar-refractivity contribution < 1.29 is 26.1 Å². The molecule has 16 heteroatoms. The molecule has 0 saturated carbocycles. The highest BCUT2D eigenvalue weighted by Crippen LogP contribution is 2.37. The predicted octanol–water partition coefficient (Wildman–Crippen LogP) is 2.82. The van der Waals surface area contributed by atoms with Crippen molar-refractivity contribution in [3.63, 3.8) is 0 Å². The molecule has 3 aromatic rings. The molecule has 0 atom stereocenters. The van der Waals surface area contributed by atoms with Gasteiger partial charge in [0.15, 0.2) is 11.5 Å². The zero-order valence-corrected chi connectivity index (χ0v) is 27.9. The molecule has 0 unspecified atom stereocenters. The summed E-state index contributed by atoms with van der Waals surface area (Å²) in [6.07, 6.45) is -0.0981. The van der Waals surface area contributed by atoms with E-state index in [1.165, 1.54) is 4.79 Å². The summed E-state index contributed by atoms with van der Waals surface area (Å²) >= 11 is 0. The molecule has 1 aliphatic heterocycles. The molecule has 0 aliphatic carbocycles. The zero-order valence-electron chi connectivity index (χ0n) is 26.2. The van der Waals surface area contributed by atoms with Crippen LogP contribution in [0, 0.1) is 20.8 Å². The van der Waals surface area contributed by atoms with Crippen LogP contribution in [0.2, 0.25) is 0 Å². The molecule has 0 radical (unpaired) electrons. The van der Waals surface area contributed by atoms with Gasteiger partial charge in [-0.3, -0.25) is 4.55 Å². The number of anilines is 2. The Morgan fingerprint density at radius 1 is 1.02 bits per heavy atom. The number of aryl methyl sites for hydroxylation is 2. The van der Waals surface area contributed by atoms with Crippen LogP contribution in [0.15, 0.2) is 44.2 Å². The summed E-state index contributed by atoms with van der Waals surface area (Å²) in [7, 11) is -1.24.